The van der Waals surface area contributed by atoms with E-state index in [0.29, 0.717) is 5.75 Å². The van der Waals surface area contributed by atoms with Crippen LogP contribution in [0.15, 0.2) is 82.9 Å². The summed E-state index contributed by atoms with van der Waals surface area (Å²) >= 11 is 1.44. The van der Waals surface area contributed by atoms with Crippen LogP contribution in [0.2, 0.25) is 0 Å². The fourth-order valence-corrected chi connectivity index (χ4v) is 3.96. The summed E-state index contributed by atoms with van der Waals surface area (Å²) in [4.78, 5) is 17.6. The van der Waals surface area contributed by atoms with E-state index in [4.69, 9.17) is 4.74 Å². The molecule has 3 aromatic carbocycles. The van der Waals surface area contributed by atoms with E-state index in [2.05, 4.69) is 15.5 Å². The van der Waals surface area contributed by atoms with Gasteiger partial charge in [-0.05, 0) is 29.0 Å². The van der Waals surface area contributed by atoms with Gasteiger partial charge in [-0.2, -0.15) is 5.10 Å². The van der Waals surface area contributed by atoms with E-state index in [0.717, 1.165) is 32.1 Å². The normalized spacial score (nSPS) is 11.2. The van der Waals surface area contributed by atoms with Gasteiger partial charge in [0.05, 0.1) is 24.6 Å². The number of rotatable bonds is 6. The summed E-state index contributed by atoms with van der Waals surface area (Å²) in [6.45, 7) is 0. The first-order valence-corrected chi connectivity index (χ1v) is 10.1. The van der Waals surface area contributed by atoms with Crippen molar-refractivity contribution >= 4 is 45.6 Å². The highest BCUT2D eigenvalue weighted by Gasteiger charge is 2.08. The second-order valence-corrected chi connectivity index (χ2v) is 7.33. The van der Waals surface area contributed by atoms with Crippen molar-refractivity contribution < 1.29 is 9.53 Å². The first-order valence-electron chi connectivity index (χ1n) is 9.10. The summed E-state index contributed by atoms with van der Waals surface area (Å²) < 4.78 is 5.44. The van der Waals surface area contributed by atoms with Gasteiger partial charge in [-0.25, -0.2) is 5.43 Å². The molecule has 5 nitrogen and oxygen atoms in total. The first-order chi connectivity index (χ1) is 14.3. The number of aromatic nitrogens is 1. The minimum Gasteiger partial charge on any atom is -0.496 e. The van der Waals surface area contributed by atoms with Crippen LogP contribution in [0.25, 0.3) is 21.7 Å². The highest BCUT2D eigenvalue weighted by molar-refractivity contribution is 8.00. The number of methoxy groups -OCH3 is 1. The lowest BCUT2D eigenvalue weighted by Gasteiger charge is -2.08. The van der Waals surface area contributed by atoms with Crippen LogP contribution in [-0.2, 0) is 4.79 Å². The zero-order valence-corrected chi connectivity index (χ0v) is 16.6. The standard InChI is InChI=1S/C23H19N3O2S/c1-28-20-12-11-16-6-2-3-9-18(16)19(20)14-25-26-22(27)15-29-21-10-4-7-17-8-5-13-24-23(17)21/h2-14H,15H2,1H3,(H,26,27)/b25-14-. The molecule has 0 saturated carbocycles. The van der Waals surface area contributed by atoms with Gasteiger partial charge >= 0.3 is 0 Å². The van der Waals surface area contributed by atoms with Crippen LogP contribution in [0.1, 0.15) is 5.56 Å². The van der Waals surface area contributed by atoms with Crippen molar-refractivity contribution in [2.24, 2.45) is 5.10 Å². The van der Waals surface area contributed by atoms with Crippen molar-refractivity contribution in [1.82, 2.24) is 10.4 Å². The van der Waals surface area contributed by atoms with Crippen molar-refractivity contribution in [1.29, 1.82) is 0 Å². The second-order valence-electron chi connectivity index (χ2n) is 6.32. The lowest BCUT2D eigenvalue weighted by Crippen LogP contribution is -2.19. The topological polar surface area (TPSA) is 63.6 Å². The molecular weight excluding hydrogens is 382 g/mol. The molecule has 4 rings (SSSR count). The van der Waals surface area contributed by atoms with Crippen molar-refractivity contribution in [3.8, 4) is 5.75 Å². The first kappa shape index (κ1) is 19.0. The van der Waals surface area contributed by atoms with E-state index in [9.17, 15) is 4.79 Å². The Bertz CT molecular complexity index is 1200. The highest BCUT2D eigenvalue weighted by atomic mass is 32.2. The van der Waals surface area contributed by atoms with E-state index in [1.807, 2.05) is 66.7 Å². The molecule has 0 aliphatic carbocycles. The number of nitrogens with zero attached hydrogens (tertiary/aromatic N) is 2. The molecule has 1 amide bonds. The van der Waals surface area contributed by atoms with Crippen molar-refractivity contribution in [2.45, 2.75) is 4.90 Å². The third-order valence-corrected chi connectivity index (χ3v) is 5.53. The number of benzene rings is 3. The fraction of sp³-hybridized carbons (Fsp3) is 0.0870. The molecule has 144 valence electrons. The Morgan fingerprint density at radius 1 is 1.07 bits per heavy atom. The Kier molecular flexibility index (Phi) is 5.72. The molecule has 29 heavy (non-hydrogen) atoms. The Balaban J connectivity index is 1.45. The summed E-state index contributed by atoms with van der Waals surface area (Å²) in [6, 6.07) is 21.7. The molecule has 1 N–H and O–H groups in total. The van der Waals surface area contributed by atoms with E-state index in [-0.39, 0.29) is 11.7 Å². The Hall–Kier alpha value is -3.38. The van der Waals surface area contributed by atoms with Crippen LogP contribution in [0.4, 0.5) is 0 Å². The molecule has 0 fully saturated rings. The number of fused-ring (bicyclic) bond motifs is 2. The molecule has 4 aromatic rings. The predicted octanol–water partition coefficient (Wildman–Crippen LogP) is 4.64. The molecule has 0 spiro atoms. The minimum absolute atomic E-state index is 0.182. The van der Waals surface area contributed by atoms with Crippen LogP contribution >= 0.6 is 11.8 Å². The Morgan fingerprint density at radius 3 is 2.79 bits per heavy atom. The van der Waals surface area contributed by atoms with E-state index >= 15 is 0 Å². The van der Waals surface area contributed by atoms with Crippen LogP contribution in [0.3, 0.4) is 0 Å². The third-order valence-electron chi connectivity index (χ3n) is 4.49. The van der Waals surface area contributed by atoms with Crippen LogP contribution in [0.5, 0.6) is 5.75 Å². The number of hydrogen-bond acceptors (Lipinski definition) is 5. The summed E-state index contributed by atoms with van der Waals surface area (Å²) in [5, 5.41) is 7.29. The number of thioether (sulfide) groups is 1. The van der Waals surface area contributed by atoms with Gasteiger partial charge in [0.1, 0.15) is 5.75 Å². The Labute approximate surface area is 172 Å². The molecule has 0 radical (unpaired) electrons. The maximum absolute atomic E-state index is 12.3. The maximum Gasteiger partial charge on any atom is 0.250 e. The number of nitrogens with one attached hydrogen (secondary N) is 1. The largest absolute Gasteiger partial charge is 0.496 e. The van der Waals surface area contributed by atoms with Gasteiger partial charge in [0, 0.05) is 22.0 Å². The van der Waals surface area contributed by atoms with Gasteiger partial charge in [-0.1, -0.05) is 48.5 Å². The van der Waals surface area contributed by atoms with Crippen molar-refractivity contribution in [2.75, 3.05) is 12.9 Å². The number of hydrogen-bond donors (Lipinski definition) is 1. The number of para-hydroxylation sites is 1. The van der Waals surface area contributed by atoms with Gasteiger partial charge in [-0.15, -0.1) is 11.8 Å². The maximum atomic E-state index is 12.3. The zero-order valence-electron chi connectivity index (χ0n) is 15.8. The molecular formula is C23H19N3O2S. The van der Waals surface area contributed by atoms with E-state index in [1.165, 1.54) is 11.8 Å². The molecule has 0 unspecified atom stereocenters. The smallest absolute Gasteiger partial charge is 0.250 e. The molecule has 0 aliphatic rings. The summed E-state index contributed by atoms with van der Waals surface area (Å²) in [7, 11) is 1.62. The summed E-state index contributed by atoms with van der Waals surface area (Å²) in [6.07, 6.45) is 3.39. The predicted molar refractivity (Wildman–Crippen MR) is 119 cm³/mol. The van der Waals surface area contributed by atoms with E-state index in [1.54, 1.807) is 19.5 Å². The molecule has 0 bridgehead atoms. The van der Waals surface area contributed by atoms with Crippen LogP contribution in [-0.4, -0.2) is 30.0 Å². The third kappa shape index (κ3) is 4.22. The van der Waals surface area contributed by atoms with Crippen LogP contribution in [0, 0.1) is 0 Å². The Morgan fingerprint density at radius 2 is 1.90 bits per heavy atom. The number of carbonyl (C=O) groups excluding carboxylic acids is 1. The summed E-state index contributed by atoms with van der Waals surface area (Å²) in [5.74, 6) is 0.774. The lowest BCUT2D eigenvalue weighted by molar-refractivity contribution is -0.118. The SMILES string of the molecule is COc1ccc2ccccc2c1/C=N\NC(=O)CSc1cccc2cccnc12. The molecule has 6 heteroatoms. The number of carbonyl (C=O) groups is 1. The van der Waals surface area contributed by atoms with Crippen molar-refractivity contribution in [3.05, 3.63) is 78.5 Å². The van der Waals surface area contributed by atoms with Gasteiger partial charge in [0.2, 0.25) is 5.91 Å². The van der Waals surface area contributed by atoms with Gasteiger partial charge in [0.25, 0.3) is 0 Å². The number of pyridine rings is 1. The highest BCUT2D eigenvalue weighted by Crippen LogP contribution is 2.27. The van der Waals surface area contributed by atoms with Gasteiger partial charge in [0.15, 0.2) is 0 Å². The van der Waals surface area contributed by atoms with Crippen molar-refractivity contribution in [3.63, 3.8) is 0 Å². The molecule has 1 heterocycles. The van der Waals surface area contributed by atoms with Gasteiger partial charge in [-0.3, -0.25) is 9.78 Å². The number of hydrazone groups is 1. The average molecular weight is 401 g/mol. The minimum atomic E-state index is -0.182. The second kappa shape index (κ2) is 8.75. The monoisotopic (exact) mass is 401 g/mol. The number of amides is 1. The van der Waals surface area contributed by atoms with Crippen LogP contribution < -0.4 is 10.2 Å². The molecule has 1 aromatic heterocycles. The quantitative estimate of drug-likeness (QED) is 0.290. The zero-order chi connectivity index (χ0) is 20.1. The lowest BCUT2D eigenvalue weighted by atomic mass is 10.0. The van der Waals surface area contributed by atoms with Gasteiger partial charge < -0.3 is 4.74 Å². The number of ether oxygens (including phenoxy) is 1. The molecule has 0 atom stereocenters. The summed E-state index contributed by atoms with van der Waals surface area (Å²) in [5.41, 5.74) is 4.33. The molecule has 0 saturated heterocycles. The molecule has 0 aliphatic heterocycles. The fourth-order valence-electron chi connectivity index (χ4n) is 3.12. The van der Waals surface area contributed by atoms with E-state index < -0.39 is 0 Å². The average Bonchev–Trinajstić information content (AvgIpc) is 2.77.